The fourth-order valence-electron chi connectivity index (χ4n) is 3.94. The third-order valence-corrected chi connectivity index (χ3v) is 5.68. The molecule has 2 N–H and O–H groups in total. The van der Waals surface area contributed by atoms with Crippen molar-refractivity contribution < 1.29 is 14.3 Å². The number of halogens is 1. The van der Waals surface area contributed by atoms with E-state index in [1.807, 2.05) is 32.0 Å². The maximum atomic E-state index is 13.7. The highest BCUT2D eigenvalue weighted by Crippen LogP contribution is 2.35. The molecular formula is C22H26FN5O2. The van der Waals surface area contributed by atoms with Crippen LogP contribution in [-0.2, 0) is 0 Å². The Kier molecular flexibility index (Phi) is 5.67. The summed E-state index contributed by atoms with van der Waals surface area (Å²) >= 11 is 0. The van der Waals surface area contributed by atoms with Crippen molar-refractivity contribution in [2.45, 2.75) is 38.8 Å². The van der Waals surface area contributed by atoms with E-state index in [0.717, 1.165) is 24.9 Å². The minimum absolute atomic E-state index is 0.0335. The van der Waals surface area contributed by atoms with Gasteiger partial charge < -0.3 is 15.3 Å². The predicted octanol–water partition coefficient (Wildman–Crippen LogP) is 2.96. The second-order valence-electron chi connectivity index (χ2n) is 8.02. The zero-order chi connectivity index (χ0) is 21.3. The number of nitrogens with one attached hydrogen (secondary N) is 1. The van der Waals surface area contributed by atoms with Gasteiger partial charge in [0.05, 0.1) is 24.9 Å². The second-order valence-corrected chi connectivity index (χ2v) is 8.02. The van der Waals surface area contributed by atoms with E-state index in [9.17, 15) is 14.3 Å². The van der Waals surface area contributed by atoms with Crippen LogP contribution in [0.15, 0.2) is 42.6 Å². The van der Waals surface area contributed by atoms with Gasteiger partial charge in [-0.2, -0.15) is 0 Å². The Morgan fingerprint density at radius 2 is 2.17 bits per heavy atom. The van der Waals surface area contributed by atoms with Gasteiger partial charge in [-0.3, -0.25) is 4.79 Å². The molecule has 3 heterocycles. The van der Waals surface area contributed by atoms with Crippen molar-refractivity contribution >= 4 is 17.4 Å². The quantitative estimate of drug-likeness (QED) is 0.652. The first-order valence-corrected chi connectivity index (χ1v) is 10.3. The first kappa shape index (κ1) is 20.3. The normalized spacial score (nSPS) is 17.6. The SMILES string of the molecule is CC(C)[C@H](CO)NC(=O)c1cnc2ccc(N3CCCC3c3cccc(F)c3)nn12. The number of hydrogen-bond acceptors (Lipinski definition) is 5. The zero-order valence-corrected chi connectivity index (χ0v) is 17.1. The molecule has 8 heteroatoms. The monoisotopic (exact) mass is 411 g/mol. The number of benzene rings is 1. The average Bonchev–Trinajstić information content (AvgIpc) is 3.38. The summed E-state index contributed by atoms with van der Waals surface area (Å²) in [6.07, 6.45) is 3.38. The molecule has 1 aliphatic heterocycles. The highest BCUT2D eigenvalue weighted by molar-refractivity contribution is 5.93. The van der Waals surface area contributed by atoms with Gasteiger partial charge in [-0.05, 0) is 48.6 Å². The smallest absolute Gasteiger partial charge is 0.271 e. The minimum atomic E-state index is -0.345. The predicted molar refractivity (Wildman–Crippen MR) is 112 cm³/mol. The fraction of sp³-hybridized carbons (Fsp3) is 0.409. The molecule has 0 radical (unpaired) electrons. The summed E-state index contributed by atoms with van der Waals surface area (Å²) in [5.74, 6) is 0.227. The van der Waals surface area contributed by atoms with E-state index in [0.29, 0.717) is 17.2 Å². The third kappa shape index (κ3) is 3.87. The molecule has 1 saturated heterocycles. The van der Waals surface area contributed by atoms with E-state index in [-0.39, 0.29) is 36.3 Å². The number of rotatable bonds is 6. The Morgan fingerprint density at radius 1 is 1.33 bits per heavy atom. The number of amides is 1. The Bertz CT molecular complexity index is 1050. The van der Waals surface area contributed by atoms with Gasteiger partial charge in [-0.25, -0.2) is 13.9 Å². The largest absolute Gasteiger partial charge is 0.394 e. The van der Waals surface area contributed by atoms with Crippen LogP contribution in [0.1, 0.15) is 48.8 Å². The highest BCUT2D eigenvalue weighted by Gasteiger charge is 2.28. The van der Waals surface area contributed by atoms with Crippen LogP contribution >= 0.6 is 0 Å². The number of nitrogens with zero attached hydrogens (tertiary/aromatic N) is 4. The standard InChI is InChI=1S/C22H26FN5O2/c1-14(2)17(13-29)25-22(30)19-12-24-20-8-9-21(26-28(19)20)27-10-4-7-18(27)15-5-3-6-16(23)11-15/h3,5-6,8-9,11-12,14,17-18,29H,4,7,10,13H2,1-2H3,(H,25,30)/t17-,18?/m0/s1. The van der Waals surface area contributed by atoms with E-state index >= 15 is 0 Å². The minimum Gasteiger partial charge on any atom is -0.394 e. The highest BCUT2D eigenvalue weighted by atomic mass is 19.1. The number of aromatic nitrogens is 3. The maximum Gasteiger partial charge on any atom is 0.271 e. The van der Waals surface area contributed by atoms with Gasteiger partial charge in [-0.1, -0.05) is 26.0 Å². The molecule has 1 aliphatic rings. The summed E-state index contributed by atoms with van der Waals surface area (Å²) in [7, 11) is 0. The van der Waals surface area contributed by atoms with Crippen LogP contribution in [0.5, 0.6) is 0 Å². The Labute approximate surface area is 174 Å². The Balaban J connectivity index is 1.64. The van der Waals surface area contributed by atoms with Crippen molar-refractivity contribution in [1.82, 2.24) is 19.9 Å². The zero-order valence-electron chi connectivity index (χ0n) is 17.1. The number of imidazole rings is 1. The van der Waals surface area contributed by atoms with Gasteiger partial charge in [0.25, 0.3) is 5.91 Å². The molecule has 0 spiro atoms. The van der Waals surface area contributed by atoms with Crippen LogP contribution < -0.4 is 10.2 Å². The van der Waals surface area contributed by atoms with Gasteiger partial charge in [-0.15, -0.1) is 5.10 Å². The summed E-state index contributed by atoms with van der Waals surface area (Å²) in [4.78, 5) is 19.2. The molecule has 30 heavy (non-hydrogen) atoms. The number of carbonyl (C=O) groups excluding carboxylic acids is 1. The maximum absolute atomic E-state index is 13.7. The second kappa shape index (κ2) is 8.39. The molecule has 1 amide bonds. The fourth-order valence-corrected chi connectivity index (χ4v) is 3.94. The van der Waals surface area contributed by atoms with Gasteiger partial charge in [0.2, 0.25) is 0 Å². The summed E-state index contributed by atoms with van der Waals surface area (Å²) < 4.78 is 15.3. The topological polar surface area (TPSA) is 82.8 Å². The number of aliphatic hydroxyl groups excluding tert-OH is 1. The lowest BCUT2D eigenvalue weighted by atomic mass is 10.0. The third-order valence-electron chi connectivity index (χ3n) is 5.68. The van der Waals surface area contributed by atoms with E-state index < -0.39 is 0 Å². The van der Waals surface area contributed by atoms with Crippen LogP contribution in [0.3, 0.4) is 0 Å². The van der Waals surface area contributed by atoms with Crippen molar-refractivity contribution in [2.24, 2.45) is 5.92 Å². The van der Waals surface area contributed by atoms with Gasteiger partial charge in [0.1, 0.15) is 11.6 Å². The lowest BCUT2D eigenvalue weighted by Crippen LogP contribution is -2.41. The lowest BCUT2D eigenvalue weighted by molar-refractivity contribution is 0.0889. The van der Waals surface area contributed by atoms with E-state index in [4.69, 9.17) is 0 Å². The molecule has 2 aromatic heterocycles. The number of carbonyl (C=O) groups is 1. The van der Waals surface area contributed by atoms with Crippen molar-refractivity contribution in [2.75, 3.05) is 18.1 Å². The summed E-state index contributed by atoms with van der Waals surface area (Å²) in [6.45, 7) is 4.54. The molecular weight excluding hydrogens is 385 g/mol. The molecule has 0 aliphatic carbocycles. The molecule has 158 valence electrons. The van der Waals surface area contributed by atoms with Crippen LogP contribution in [0, 0.1) is 11.7 Å². The first-order chi connectivity index (χ1) is 14.5. The molecule has 3 aromatic rings. The Hall–Kier alpha value is -3.00. The molecule has 0 saturated carbocycles. The summed E-state index contributed by atoms with van der Waals surface area (Å²) in [5.41, 5.74) is 1.80. The van der Waals surface area contributed by atoms with Crippen molar-refractivity contribution in [3.8, 4) is 0 Å². The number of fused-ring (bicyclic) bond motifs is 1. The average molecular weight is 411 g/mol. The van der Waals surface area contributed by atoms with Gasteiger partial charge in [0, 0.05) is 6.54 Å². The number of hydrogen-bond donors (Lipinski definition) is 2. The molecule has 2 atom stereocenters. The van der Waals surface area contributed by atoms with Crippen molar-refractivity contribution in [1.29, 1.82) is 0 Å². The summed E-state index contributed by atoms with van der Waals surface area (Å²) in [6, 6.07) is 10.1. The molecule has 7 nitrogen and oxygen atoms in total. The lowest BCUT2D eigenvalue weighted by Gasteiger charge is -2.26. The van der Waals surface area contributed by atoms with Crippen molar-refractivity contribution in [3.63, 3.8) is 0 Å². The number of aliphatic hydroxyl groups is 1. The molecule has 4 rings (SSSR count). The van der Waals surface area contributed by atoms with E-state index in [1.54, 1.807) is 12.1 Å². The van der Waals surface area contributed by atoms with Crippen LogP contribution in [-0.4, -0.2) is 44.8 Å². The molecule has 1 fully saturated rings. The Morgan fingerprint density at radius 3 is 2.90 bits per heavy atom. The van der Waals surface area contributed by atoms with Crippen molar-refractivity contribution in [3.05, 3.63) is 59.7 Å². The van der Waals surface area contributed by atoms with E-state index in [1.165, 1.54) is 16.8 Å². The molecule has 1 unspecified atom stereocenters. The van der Waals surface area contributed by atoms with Crippen LogP contribution in [0.25, 0.3) is 5.65 Å². The van der Waals surface area contributed by atoms with Crippen LogP contribution in [0.2, 0.25) is 0 Å². The molecule has 0 bridgehead atoms. The number of anilines is 1. The van der Waals surface area contributed by atoms with E-state index in [2.05, 4.69) is 20.3 Å². The van der Waals surface area contributed by atoms with Gasteiger partial charge in [0.15, 0.2) is 11.3 Å². The van der Waals surface area contributed by atoms with Crippen LogP contribution in [0.4, 0.5) is 10.2 Å². The molecule has 1 aromatic carbocycles. The summed E-state index contributed by atoms with van der Waals surface area (Å²) in [5, 5.41) is 17.0. The first-order valence-electron chi connectivity index (χ1n) is 10.3. The van der Waals surface area contributed by atoms with Gasteiger partial charge >= 0.3 is 0 Å².